The van der Waals surface area contributed by atoms with Gasteiger partial charge in [0.25, 0.3) is 5.91 Å². The largest absolute Gasteiger partial charge is 0.507 e. The van der Waals surface area contributed by atoms with Crippen molar-refractivity contribution >= 4 is 51.0 Å². The van der Waals surface area contributed by atoms with E-state index in [-0.39, 0.29) is 17.9 Å². The van der Waals surface area contributed by atoms with Gasteiger partial charge in [-0.2, -0.15) is 0 Å². The number of ether oxygens (including phenoxy) is 1. The lowest BCUT2D eigenvalue weighted by Crippen LogP contribution is -2.37. The summed E-state index contributed by atoms with van der Waals surface area (Å²) >= 11 is 9.14. The number of para-hydroxylation sites is 1. The molecule has 2 N–H and O–H groups in total. The van der Waals surface area contributed by atoms with Crippen molar-refractivity contribution in [3.8, 4) is 5.75 Å². The van der Waals surface area contributed by atoms with Gasteiger partial charge in [-0.25, -0.2) is 4.79 Å². The summed E-state index contributed by atoms with van der Waals surface area (Å²) in [6.45, 7) is -0.815. The van der Waals surface area contributed by atoms with Crippen LogP contribution in [0.5, 0.6) is 5.75 Å². The fraction of sp³-hybridized carbons (Fsp3) is 0.167. The predicted octanol–water partition coefficient (Wildman–Crippen LogP) is 3.06. The number of benzene rings is 2. The first kappa shape index (κ1) is 20.7. The minimum atomic E-state index is -0.851. The second-order valence-electron chi connectivity index (χ2n) is 5.52. The van der Waals surface area contributed by atoms with E-state index in [2.05, 4.69) is 21.2 Å². The molecule has 2 aromatic rings. The van der Waals surface area contributed by atoms with Crippen LogP contribution in [0.4, 0.5) is 5.69 Å². The van der Waals surface area contributed by atoms with Gasteiger partial charge in [-0.3, -0.25) is 9.59 Å². The third-order valence-electron chi connectivity index (χ3n) is 3.46. The molecule has 0 saturated carbocycles. The molecule has 0 aliphatic rings. The quantitative estimate of drug-likeness (QED) is 0.653. The van der Waals surface area contributed by atoms with Gasteiger partial charge in [0, 0.05) is 11.5 Å². The molecule has 27 heavy (non-hydrogen) atoms. The highest BCUT2D eigenvalue weighted by atomic mass is 79.9. The van der Waals surface area contributed by atoms with Crippen LogP contribution >= 0.6 is 27.5 Å². The summed E-state index contributed by atoms with van der Waals surface area (Å²) in [5, 5.41) is 12.6. The number of hydrogen-bond donors (Lipinski definition) is 2. The van der Waals surface area contributed by atoms with Crippen molar-refractivity contribution in [1.82, 2.24) is 4.90 Å². The van der Waals surface area contributed by atoms with Crippen molar-refractivity contribution in [2.45, 2.75) is 0 Å². The molecule has 0 aromatic heterocycles. The number of carbonyl (C=O) groups is 3. The molecule has 9 heteroatoms. The number of phenolic OH excluding ortho intramolecular Hbond substituents is 1. The summed E-state index contributed by atoms with van der Waals surface area (Å²) in [6.07, 6.45) is 0. The van der Waals surface area contributed by atoms with Crippen LogP contribution in [0, 0.1) is 0 Å². The normalized spacial score (nSPS) is 10.2. The zero-order chi connectivity index (χ0) is 20.0. The molecule has 0 fully saturated rings. The lowest BCUT2D eigenvalue weighted by Gasteiger charge is -2.17. The monoisotopic (exact) mass is 454 g/mol. The number of esters is 1. The minimum absolute atomic E-state index is 0.0729. The fourth-order valence-corrected chi connectivity index (χ4v) is 2.59. The van der Waals surface area contributed by atoms with Crippen molar-refractivity contribution in [2.24, 2.45) is 0 Å². The number of hydrogen-bond acceptors (Lipinski definition) is 5. The summed E-state index contributed by atoms with van der Waals surface area (Å²) in [5.74, 6) is -2.14. The summed E-state index contributed by atoms with van der Waals surface area (Å²) in [4.78, 5) is 37.2. The lowest BCUT2D eigenvalue weighted by molar-refractivity contribution is -0.136. The first-order valence-electron chi connectivity index (χ1n) is 7.72. The summed E-state index contributed by atoms with van der Waals surface area (Å²) in [7, 11) is 1.40. The molecule has 2 amide bonds. The SMILES string of the molecule is CN(CC(=O)Nc1ccccc1Cl)C(=O)COC(=O)c1cc(Br)ccc1O. The van der Waals surface area contributed by atoms with Gasteiger partial charge in [0.15, 0.2) is 6.61 Å². The van der Waals surface area contributed by atoms with E-state index in [1.807, 2.05) is 0 Å². The first-order valence-corrected chi connectivity index (χ1v) is 8.89. The number of nitrogens with one attached hydrogen (secondary N) is 1. The fourth-order valence-electron chi connectivity index (χ4n) is 2.04. The number of halogens is 2. The standard InChI is InChI=1S/C18H16BrClN2O5/c1-22(9-16(24)21-14-5-3-2-4-13(14)20)17(25)10-27-18(26)12-8-11(19)6-7-15(12)23/h2-8,23H,9-10H2,1H3,(H,21,24). The van der Waals surface area contributed by atoms with Gasteiger partial charge in [0.2, 0.25) is 5.91 Å². The molecule has 0 spiro atoms. The summed E-state index contributed by atoms with van der Waals surface area (Å²) < 4.78 is 5.48. The van der Waals surface area contributed by atoms with Crippen LogP contribution < -0.4 is 5.32 Å². The van der Waals surface area contributed by atoms with E-state index in [0.717, 1.165) is 4.90 Å². The zero-order valence-corrected chi connectivity index (χ0v) is 16.6. The Morgan fingerprint density at radius 1 is 1.22 bits per heavy atom. The summed E-state index contributed by atoms with van der Waals surface area (Å²) in [6, 6.07) is 11.0. The van der Waals surface area contributed by atoms with Gasteiger partial charge in [-0.15, -0.1) is 0 Å². The van der Waals surface area contributed by atoms with Crippen molar-refractivity contribution in [3.05, 3.63) is 57.5 Å². The number of rotatable bonds is 6. The third kappa shape index (κ3) is 5.97. The number of likely N-dealkylation sites (N-methyl/N-ethyl adjacent to an activating group) is 1. The second kappa shape index (κ2) is 9.38. The van der Waals surface area contributed by atoms with Gasteiger partial charge >= 0.3 is 5.97 Å². The van der Waals surface area contributed by atoms with E-state index >= 15 is 0 Å². The first-order chi connectivity index (χ1) is 12.8. The number of amides is 2. The maximum atomic E-state index is 12.1. The summed E-state index contributed by atoms with van der Waals surface area (Å²) in [5.41, 5.74) is 0.359. The molecule has 2 rings (SSSR count). The average Bonchev–Trinajstić information content (AvgIpc) is 2.63. The number of nitrogens with zero attached hydrogens (tertiary/aromatic N) is 1. The topological polar surface area (TPSA) is 95.9 Å². The highest BCUT2D eigenvalue weighted by Gasteiger charge is 2.18. The van der Waals surface area contributed by atoms with Crippen LogP contribution in [0.25, 0.3) is 0 Å². The van der Waals surface area contributed by atoms with E-state index in [1.54, 1.807) is 30.3 Å². The Labute approximate surface area is 169 Å². The molecular formula is C18H16BrClN2O5. The molecule has 0 heterocycles. The predicted molar refractivity (Wildman–Crippen MR) is 104 cm³/mol. The number of aromatic hydroxyl groups is 1. The molecule has 0 aliphatic heterocycles. The number of phenols is 1. The van der Waals surface area contributed by atoms with Crippen molar-refractivity contribution < 1.29 is 24.2 Å². The van der Waals surface area contributed by atoms with Crippen LogP contribution in [-0.2, 0) is 14.3 Å². The molecule has 2 aromatic carbocycles. The van der Waals surface area contributed by atoms with Gasteiger partial charge < -0.3 is 20.1 Å². The van der Waals surface area contributed by atoms with Crippen LogP contribution in [0.2, 0.25) is 5.02 Å². The average molecular weight is 456 g/mol. The lowest BCUT2D eigenvalue weighted by atomic mass is 10.2. The molecule has 0 saturated heterocycles. The van der Waals surface area contributed by atoms with E-state index in [9.17, 15) is 19.5 Å². The zero-order valence-electron chi connectivity index (χ0n) is 14.2. The van der Waals surface area contributed by atoms with E-state index < -0.39 is 24.4 Å². The van der Waals surface area contributed by atoms with E-state index in [1.165, 1.54) is 19.2 Å². The Balaban J connectivity index is 1.86. The Bertz CT molecular complexity index is 875. The Kier molecular flexibility index (Phi) is 7.20. The molecule has 0 aliphatic carbocycles. The maximum Gasteiger partial charge on any atom is 0.342 e. The highest BCUT2D eigenvalue weighted by molar-refractivity contribution is 9.10. The molecule has 0 unspecified atom stereocenters. The Hall–Kier alpha value is -2.58. The van der Waals surface area contributed by atoms with Crippen LogP contribution in [-0.4, -0.2) is 48.0 Å². The second-order valence-corrected chi connectivity index (χ2v) is 6.84. The molecular weight excluding hydrogens is 440 g/mol. The molecule has 0 bridgehead atoms. The highest BCUT2D eigenvalue weighted by Crippen LogP contribution is 2.22. The van der Waals surface area contributed by atoms with Crippen molar-refractivity contribution in [1.29, 1.82) is 0 Å². The van der Waals surface area contributed by atoms with Crippen LogP contribution in [0.3, 0.4) is 0 Å². The van der Waals surface area contributed by atoms with Crippen molar-refractivity contribution in [3.63, 3.8) is 0 Å². The van der Waals surface area contributed by atoms with Gasteiger partial charge in [-0.1, -0.05) is 39.7 Å². The van der Waals surface area contributed by atoms with Crippen molar-refractivity contribution in [2.75, 3.05) is 25.5 Å². The molecule has 0 radical (unpaired) electrons. The van der Waals surface area contributed by atoms with Crippen LogP contribution in [0.1, 0.15) is 10.4 Å². The van der Waals surface area contributed by atoms with E-state index in [4.69, 9.17) is 16.3 Å². The molecule has 0 atom stereocenters. The Morgan fingerprint density at radius 3 is 2.63 bits per heavy atom. The third-order valence-corrected chi connectivity index (χ3v) is 4.28. The van der Waals surface area contributed by atoms with E-state index in [0.29, 0.717) is 15.2 Å². The number of anilines is 1. The van der Waals surface area contributed by atoms with Gasteiger partial charge in [0.05, 0.1) is 17.3 Å². The smallest absolute Gasteiger partial charge is 0.342 e. The molecule has 7 nitrogen and oxygen atoms in total. The molecule has 142 valence electrons. The maximum absolute atomic E-state index is 12.1. The van der Waals surface area contributed by atoms with Gasteiger partial charge in [-0.05, 0) is 30.3 Å². The van der Waals surface area contributed by atoms with Gasteiger partial charge in [0.1, 0.15) is 11.3 Å². The Morgan fingerprint density at radius 2 is 1.93 bits per heavy atom. The number of carbonyl (C=O) groups excluding carboxylic acids is 3. The minimum Gasteiger partial charge on any atom is -0.507 e. The van der Waals surface area contributed by atoms with Crippen LogP contribution in [0.15, 0.2) is 46.9 Å².